The smallest absolute Gasteiger partial charge is 0.0113 e. The van der Waals surface area contributed by atoms with Crippen LogP contribution in [0, 0.1) is 0 Å². The summed E-state index contributed by atoms with van der Waals surface area (Å²) in [5.74, 6) is 0. The molecule has 0 radical (unpaired) electrons. The SMILES string of the molecule is CC(C)N1CCN(CCNC2CC2)CC1. The van der Waals surface area contributed by atoms with E-state index in [1.165, 1.54) is 52.1 Å². The molecule has 3 heteroatoms. The van der Waals surface area contributed by atoms with Crippen molar-refractivity contribution in [1.82, 2.24) is 15.1 Å². The molecule has 15 heavy (non-hydrogen) atoms. The molecular formula is C12H25N3. The quantitative estimate of drug-likeness (QED) is 0.724. The van der Waals surface area contributed by atoms with Gasteiger partial charge in [0.15, 0.2) is 0 Å². The largest absolute Gasteiger partial charge is 0.313 e. The molecule has 0 aromatic heterocycles. The van der Waals surface area contributed by atoms with Gasteiger partial charge in [-0.3, -0.25) is 9.80 Å². The van der Waals surface area contributed by atoms with Gasteiger partial charge in [0.25, 0.3) is 0 Å². The van der Waals surface area contributed by atoms with E-state index in [0.29, 0.717) is 0 Å². The maximum atomic E-state index is 3.58. The summed E-state index contributed by atoms with van der Waals surface area (Å²) in [6, 6.07) is 1.58. The molecule has 1 heterocycles. The van der Waals surface area contributed by atoms with E-state index in [2.05, 4.69) is 29.0 Å². The Labute approximate surface area is 93.8 Å². The molecule has 0 amide bonds. The Kier molecular flexibility index (Phi) is 4.00. The van der Waals surface area contributed by atoms with Crippen molar-refractivity contribution in [3.63, 3.8) is 0 Å². The van der Waals surface area contributed by atoms with Crippen molar-refractivity contribution < 1.29 is 0 Å². The van der Waals surface area contributed by atoms with Crippen LogP contribution in [0.3, 0.4) is 0 Å². The third-order valence-electron chi connectivity index (χ3n) is 3.58. The molecular weight excluding hydrogens is 186 g/mol. The summed E-state index contributed by atoms with van der Waals surface area (Å²) in [5, 5.41) is 3.58. The molecule has 0 atom stereocenters. The van der Waals surface area contributed by atoms with Crippen molar-refractivity contribution in [3.8, 4) is 0 Å². The van der Waals surface area contributed by atoms with Gasteiger partial charge in [0, 0.05) is 51.4 Å². The second kappa shape index (κ2) is 5.28. The predicted octanol–water partition coefficient (Wildman–Crippen LogP) is 0.764. The Morgan fingerprint density at radius 2 is 1.80 bits per heavy atom. The van der Waals surface area contributed by atoms with Crippen LogP contribution in [-0.4, -0.2) is 61.2 Å². The first kappa shape index (κ1) is 11.4. The number of rotatable bonds is 5. The number of hydrogen-bond acceptors (Lipinski definition) is 3. The Morgan fingerprint density at radius 3 is 2.33 bits per heavy atom. The maximum absolute atomic E-state index is 3.58. The second-order valence-electron chi connectivity index (χ2n) is 5.20. The lowest BCUT2D eigenvalue weighted by Crippen LogP contribution is -2.50. The number of piperazine rings is 1. The molecule has 1 N–H and O–H groups in total. The van der Waals surface area contributed by atoms with E-state index in [1.54, 1.807) is 0 Å². The summed E-state index contributed by atoms with van der Waals surface area (Å²) in [6.07, 6.45) is 2.81. The molecule has 1 saturated carbocycles. The van der Waals surface area contributed by atoms with Crippen LogP contribution in [0.5, 0.6) is 0 Å². The van der Waals surface area contributed by atoms with Gasteiger partial charge in [0.05, 0.1) is 0 Å². The van der Waals surface area contributed by atoms with Crippen LogP contribution in [0.1, 0.15) is 26.7 Å². The molecule has 3 nitrogen and oxygen atoms in total. The van der Waals surface area contributed by atoms with Gasteiger partial charge in [0.1, 0.15) is 0 Å². The third-order valence-corrected chi connectivity index (χ3v) is 3.58. The van der Waals surface area contributed by atoms with Gasteiger partial charge in [-0.1, -0.05) is 0 Å². The van der Waals surface area contributed by atoms with Crippen molar-refractivity contribution in [2.24, 2.45) is 0 Å². The van der Waals surface area contributed by atoms with Gasteiger partial charge in [-0.25, -0.2) is 0 Å². The fourth-order valence-corrected chi connectivity index (χ4v) is 2.22. The zero-order chi connectivity index (χ0) is 10.7. The highest BCUT2D eigenvalue weighted by atomic mass is 15.3. The van der Waals surface area contributed by atoms with E-state index < -0.39 is 0 Å². The maximum Gasteiger partial charge on any atom is 0.0113 e. The summed E-state index contributed by atoms with van der Waals surface area (Å²) in [4.78, 5) is 5.17. The lowest BCUT2D eigenvalue weighted by atomic mass is 10.2. The Bertz CT molecular complexity index is 179. The summed E-state index contributed by atoms with van der Waals surface area (Å²) in [5.41, 5.74) is 0. The second-order valence-corrected chi connectivity index (χ2v) is 5.20. The Balaban J connectivity index is 1.56. The fraction of sp³-hybridized carbons (Fsp3) is 1.00. The topological polar surface area (TPSA) is 18.5 Å². The predicted molar refractivity (Wildman–Crippen MR) is 64.2 cm³/mol. The molecule has 2 rings (SSSR count). The highest BCUT2D eigenvalue weighted by Crippen LogP contribution is 2.18. The van der Waals surface area contributed by atoms with Gasteiger partial charge in [-0.05, 0) is 26.7 Å². The van der Waals surface area contributed by atoms with Gasteiger partial charge in [-0.15, -0.1) is 0 Å². The first-order valence-corrected chi connectivity index (χ1v) is 6.45. The average molecular weight is 211 g/mol. The molecule has 0 aromatic carbocycles. The van der Waals surface area contributed by atoms with E-state index >= 15 is 0 Å². The van der Waals surface area contributed by atoms with Crippen LogP contribution < -0.4 is 5.32 Å². The molecule has 0 spiro atoms. The van der Waals surface area contributed by atoms with Gasteiger partial charge >= 0.3 is 0 Å². The van der Waals surface area contributed by atoms with Crippen molar-refractivity contribution in [2.75, 3.05) is 39.3 Å². The van der Waals surface area contributed by atoms with Crippen molar-refractivity contribution in [1.29, 1.82) is 0 Å². The molecule has 0 aromatic rings. The first-order valence-electron chi connectivity index (χ1n) is 6.45. The Morgan fingerprint density at radius 1 is 1.13 bits per heavy atom. The van der Waals surface area contributed by atoms with Crippen LogP contribution in [0.25, 0.3) is 0 Å². The monoisotopic (exact) mass is 211 g/mol. The lowest BCUT2D eigenvalue weighted by molar-refractivity contribution is 0.109. The van der Waals surface area contributed by atoms with Crippen LogP contribution in [-0.2, 0) is 0 Å². The van der Waals surface area contributed by atoms with Crippen LogP contribution >= 0.6 is 0 Å². The minimum absolute atomic E-state index is 0.719. The lowest BCUT2D eigenvalue weighted by Gasteiger charge is -2.36. The average Bonchev–Trinajstić information content (AvgIpc) is 3.02. The van der Waals surface area contributed by atoms with E-state index in [1.807, 2.05) is 0 Å². The molecule has 88 valence electrons. The fourth-order valence-electron chi connectivity index (χ4n) is 2.22. The summed E-state index contributed by atoms with van der Waals surface area (Å²) >= 11 is 0. The zero-order valence-electron chi connectivity index (χ0n) is 10.2. The minimum Gasteiger partial charge on any atom is -0.313 e. The third kappa shape index (κ3) is 3.74. The van der Waals surface area contributed by atoms with E-state index in [0.717, 1.165) is 12.1 Å². The molecule has 1 aliphatic carbocycles. The highest BCUT2D eigenvalue weighted by molar-refractivity contribution is 4.81. The molecule has 1 saturated heterocycles. The highest BCUT2D eigenvalue weighted by Gasteiger charge is 2.21. The van der Waals surface area contributed by atoms with E-state index in [4.69, 9.17) is 0 Å². The number of nitrogens with zero attached hydrogens (tertiary/aromatic N) is 2. The standard InChI is InChI=1S/C12H25N3/c1-11(2)15-9-7-14(8-10-15)6-5-13-12-3-4-12/h11-13H,3-10H2,1-2H3. The van der Waals surface area contributed by atoms with E-state index in [9.17, 15) is 0 Å². The normalized spacial score (nSPS) is 25.0. The summed E-state index contributed by atoms with van der Waals surface area (Å²) < 4.78 is 0. The van der Waals surface area contributed by atoms with Gasteiger partial charge in [0.2, 0.25) is 0 Å². The van der Waals surface area contributed by atoms with Crippen LogP contribution in [0.2, 0.25) is 0 Å². The van der Waals surface area contributed by atoms with Crippen molar-refractivity contribution >= 4 is 0 Å². The Hall–Kier alpha value is -0.120. The first-order chi connectivity index (χ1) is 7.25. The summed E-state index contributed by atoms with van der Waals surface area (Å²) in [7, 11) is 0. The van der Waals surface area contributed by atoms with Crippen molar-refractivity contribution in [3.05, 3.63) is 0 Å². The molecule has 0 bridgehead atoms. The molecule has 0 unspecified atom stereocenters. The number of nitrogens with one attached hydrogen (secondary N) is 1. The van der Waals surface area contributed by atoms with Crippen LogP contribution in [0.4, 0.5) is 0 Å². The zero-order valence-corrected chi connectivity index (χ0v) is 10.2. The molecule has 1 aliphatic heterocycles. The van der Waals surface area contributed by atoms with Gasteiger partial charge in [-0.2, -0.15) is 0 Å². The molecule has 2 aliphatic rings. The summed E-state index contributed by atoms with van der Waals surface area (Å²) in [6.45, 7) is 12.0. The van der Waals surface area contributed by atoms with Crippen LogP contribution in [0.15, 0.2) is 0 Å². The van der Waals surface area contributed by atoms with Gasteiger partial charge < -0.3 is 5.32 Å². The number of hydrogen-bond donors (Lipinski definition) is 1. The van der Waals surface area contributed by atoms with E-state index in [-0.39, 0.29) is 0 Å². The van der Waals surface area contributed by atoms with Crippen molar-refractivity contribution in [2.45, 2.75) is 38.8 Å². The molecule has 2 fully saturated rings. The minimum atomic E-state index is 0.719.